The van der Waals surface area contributed by atoms with E-state index >= 15 is 0 Å². The van der Waals surface area contributed by atoms with Gasteiger partial charge >= 0.3 is 5.69 Å². The summed E-state index contributed by atoms with van der Waals surface area (Å²) in [4.78, 5) is 37.8. The Morgan fingerprint density at radius 2 is 1.74 bits per heavy atom. The van der Waals surface area contributed by atoms with E-state index in [4.69, 9.17) is 0 Å². The molecule has 7 nitrogen and oxygen atoms in total. The predicted molar refractivity (Wildman–Crippen MR) is 98.7 cm³/mol. The highest BCUT2D eigenvalue weighted by atomic mass is 19.1. The number of nitrogens with one attached hydrogen (secondary N) is 1. The number of rotatable bonds is 5. The van der Waals surface area contributed by atoms with Gasteiger partial charge in [-0.15, -0.1) is 0 Å². The zero-order chi connectivity index (χ0) is 19.4. The fraction of sp³-hybridized carbons (Fsp3) is 0.158. The molecule has 0 bridgehead atoms. The largest absolute Gasteiger partial charge is 0.352 e. The Labute approximate surface area is 153 Å². The summed E-state index contributed by atoms with van der Waals surface area (Å²) in [6.07, 6.45) is 0.535. The second kappa shape index (κ2) is 7.77. The SMILES string of the molecule is CCCn1c(=O)c(C(=O)Nc2ccc(F)cc2)nn(-c2ccccc2)c1=O. The van der Waals surface area contributed by atoms with Crippen LogP contribution in [0.5, 0.6) is 0 Å². The molecular weight excluding hydrogens is 351 g/mol. The molecular formula is C19H17FN4O3. The van der Waals surface area contributed by atoms with Gasteiger partial charge < -0.3 is 5.32 Å². The van der Waals surface area contributed by atoms with Crippen LogP contribution in [0.25, 0.3) is 5.69 Å². The zero-order valence-electron chi connectivity index (χ0n) is 14.6. The molecule has 0 saturated carbocycles. The van der Waals surface area contributed by atoms with Crippen molar-refractivity contribution in [2.45, 2.75) is 19.9 Å². The first-order valence-corrected chi connectivity index (χ1v) is 8.37. The van der Waals surface area contributed by atoms with Gasteiger partial charge in [-0.1, -0.05) is 25.1 Å². The molecule has 0 saturated heterocycles. The number of carbonyl (C=O) groups excluding carboxylic acids is 1. The number of anilines is 1. The van der Waals surface area contributed by atoms with E-state index in [9.17, 15) is 18.8 Å². The van der Waals surface area contributed by atoms with Crippen LogP contribution in [0.15, 0.2) is 64.2 Å². The summed E-state index contributed by atoms with van der Waals surface area (Å²) in [5.74, 6) is -1.23. The van der Waals surface area contributed by atoms with E-state index in [0.29, 0.717) is 17.8 Å². The lowest BCUT2D eigenvalue weighted by atomic mass is 10.3. The lowest BCUT2D eigenvalue weighted by Crippen LogP contribution is -2.44. The second-order valence-electron chi connectivity index (χ2n) is 5.80. The molecule has 1 amide bonds. The van der Waals surface area contributed by atoms with Crippen molar-refractivity contribution >= 4 is 11.6 Å². The van der Waals surface area contributed by atoms with Crippen LogP contribution in [0.4, 0.5) is 10.1 Å². The number of carbonyl (C=O) groups is 1. The van der Waals surface area contributed by atoms with Crippen molar-refractivity contribution in [3.63, 3.8) is 0 Å². The molecule has 27 heavy (non-hydrogen) atoms. The lowest BCUT2D eigenvalue weighted by molar-refractivity contribution is 0.101. The summed E-state index contributed by atoms with van der Waals surface area (Å²) in [5.41, 5.74) is -1.07. The van der Waals surface area contributed by atoms with Gasteiger partial charge in [-0.25, -0.2) is 9.18 Å². The minimum absolute atomic E-state index is 0.157. The Morgan fingerprint density at radius 3 is 2.37 bits per heavy atom. The monoisotopic (exact) mass is 368 g/mol. The molecule has 138 valence electrons. The molecule has 0 aliphatic carbocycles. The van der Waals surface area contributed by atoms with Crippen molar-refractivity contribution in [1.29, 1.82) is 0 Å². The van der Waals surface area contributed by atoms with Gasteiger partial charge in [0.2, 0.25) is 5.69 Å². The van der Waals surface area contributed by atoms with E-state index in [0.717, 1.165) is 9.25 Å². The molecule has 0 atom stereocenters. The van der Waals surface area contributed by atoms with Crippen LogP contribution in [-0.4, -0.2) is 20.3 Å². The molecule has 0 aliphatic heterocycles. The molecule has 2 aromatic carbocycles. The van der Waals surface area contributed by atoms with Crippen LogP contribution in [0.3, 0.4) is 0 Å². The number of nitrogens with zero attached hydrogens (tertiary/aromatic N) is 3. The molecule has 0 spiro atoms. The third kappa shape index (κ3) is 3.84. The smallest absolute Gasteiger partial charge is 0.320 e. The Kier molecular flexibility index (Phi) is 5.25. The number of amides is 1. The van der Waals surface area contributed by atoms with Gasteiger partial charge in [-0.05, 0) is 42.8 Å². The number of hydrogen-bond acceptors (Lipinski definition) is 4. The molecule has 0 radical (unpaired) electrons. The van der Waals surface area contributed by atoms with Gasteiger partial charge in [0, 0.05) is 12.2 Å². The number of aromatic nitrogens is 3. The Balaban J connectivity index is 2.10. The highest BCUT2D eigenvalue weighted by molar-refractivity contribution is 6.02. The minimum atomic E-state index is -0.777. The molecule has 3 rings (SSSR count). The first kappa shape index (κ1) is 18.2. The molecule has 3 aromatic rings. The first-order chi connectivity index (χ1) is 13.0. The van der Waals surface area contributed by atoms with Crippen LogP contribution >= 0.6 is 0 Å². The maximum Gasteiger partial charge on any atom is 0.352 e. The molecule has 0 fully saturated rings. The van der Waals surface area contributed by atoms with Crippen molar-refractivity contribution < 1.29 is 9.18 Å². The van der Waals surface area contributed by atoms with Gasteiger partial charge in [0.05, 0.1) is 5.69 Å². The van der Waals surface area contributed by atoms with E-state index in [2.05, 4.69) is 10.4 Å². The van der Waals surface area contributed by atoms with Crippen LogP contribution < -0.4 is 16.6 Å². The Morgan fingerprint density at radius 1 is 1.07 bits per heavy atom. The molecule has 1 heterocycles. The zero-order valence-corrected chi connectivity index (χ0v) is 14.6. The quantitative estimate of drug-likeness (QED) is 0.748. The third-order valence-electron chi connectivity index (χ3n) is 3.82. The van der Waals surface area contributed by atoms with E-state index in [1.54, 1.807) is 30.3 Å². The number of para-hydroxylation sites is 1. The van der Waals surface area contributed by atoms with Crippen LogP contribution in [0, 0.1) is 5.82 Å². The molecule has 1 N–H and O–H groups in total. The van der Waals surface area contributed by atoms with Gasteiger partial charge in [0.1, 0.15) is 5.82 Å². The summed E-state index contributed by atoms with van der Waals surface area (Å²) in [5, 5.41) is 6.48. The fourth-order valence-corrected chi connectivity index (χ4v) is 2.54. The second-order valence-corrected chi connectivity index (χ2v) is 5.80. The van der Waals surface area contributed by atoms with Crippen molar-refractivity contribution in [2.75, 3.05) is 5.32 Å². The summed E-state index contributed by atoms with van der Waals surface area (Å²) in [6.45, 7) is 1.97. The van der Waals surface area contributed by atoms with Crippen LogP contribution in [0.1, 0.15) is 23.8 Å². The summed E-state index contributed by atoms with van der Waals surface area (Å²) >= 11 is 0. The number of hydrogen-bond donors (Lipinski definition) is 1. The van der Waals surface area contributed by atoms with Gasteiger partial charge in [-0.3, -0.25) is 14.2 Å². The molecule has 0 unspecified atom stereocenters. The number of halogens is 1. The summed E-state index contributed by atoms with van der Waals surface area (Å²) in [7, 11) is 0. The predicted octanol–water partition coefficient (Wildman–Crippen LogP) is 2.20. The maximum absolute atomic E-state index is 13.0. The van der Waals surface area contributed by atoms with Crippen molar-refractivity contribution in [1.82, 2.24) is 14.3 Å². The number of benzene rings is 2. The van der Waals surface area contributed by atoms with Crippen molar-refractivity contribution in [3.8, 4) is 5.69 Å². The van der Waals surface area contributed by atoms with Gasteiger partial charge in [-0.2, -0.15) is 9.78 Å². The highest BCUT2D eigenvalue weighted by Crippen LogP contribution is 2.09. The summed E-state index contributed by atoms with van der Waals surface area (Å²) < 4.78 is 15.0. The Bertz CT molecular complexity index is 1070. The molecule has 0 aliphatic rings. The topological polar surface area (TPSA) is 86.0 Å². The van der Waals surface area contributed by atoms with Crippen LogP contribution in [0.2, 0.25) is 0 Å². The van der Waals surface area contributed by atoms with E-state index < -0.39 is 28.7 Å². The molecule has 1 aromatic heterocycles. The Hall–Kier alpha value is -3.55. The maximum atomic E-state index is 13.0. The van der Waals surface area contributed by atoms with E-state index in [1.807, 2.05) is 6.92 Å². The standard InChI is InChI=1S/C19H17FN4O3/c1-2-12-23-18(26)16(17(25)21-14-10-8-13(20)9-11-14)22-24(19(23)27)15-6-4-3-5-7-15/h3-11H,2,12H2,1H3,(H,21,25). The third-order valence-corrected chi connectivity index (χ3v) is 3.82. The molecule has 8 heteroatoms. The van der Waals surface area contributed by atoms with Crippen molar-refractivity contribution in [2.24, 2.45) is 0 Å². The van der Waals surface area contributed by atoms with E-state index in [1.165, 1.54) is 24.3 Å². The normalized spacial score (nSPS) is 10.6. The van der Waals surface area contributed by atoms with Crippen molar-refractivity contribution in [3.05, 3.63) is 86.9 Å². The fourth-order valence-electron chi connectivity index (χ4n) is 2.54. The van der Waals surface area contributed by atoms with Gasteiger partial charge in [0.15, 0.2) is 0 Å². The first-order valence-electron chi connectivity index (χ1n) is 8.37. The average Bonchev–Trinajstić information content (AvgIpc) is 2.67. The van der Waals surface area contributed by atoms with E-state index in [-0.39, 0.29) is 6.54 Å². The highest BCUT2D eigenvalue weighted by Gasteiger charge is 2.20. The van der Waals surface area contributed by atoms with Crippen LogP contribution in [-0.2, 0) is 6.54 Å². The minimum Gasteiger partial charge on any atom is -0.320 e. The summed E-state index contributed by atoms with van der Waals surface area (Å²) in [6, 6.07) is 13.6. The van der Waals surface area contributed by atoms with Gasteiger partial charge in [0.25, 0.3) is 11.5 Å². The lowest BCUT2D eigenvalue weighted by Gasteiger charge is -2.11. The average molecular weight is 368 g/mol.